The highest BCUT2D eigenvalue weighted by Gasteiger charge is 2.36. The van der Waals surface area contributed by atoms with Crippen LogP contribution in [0.3, 0.4) is 0 Å². The molecule has 0 saturated carbocycles. The fraction of sp³-hybridized carbons (Fsp3) is 0.600. The second kappa shape index (κ2) is 6.91. The van der Waals surface area contributed by atoms with Crippen LogP contribution in [0.2, 0.25) is 0 Å². The fourth-order valence-electron chi connectivity index (χ4n) is 1.21. The lowest BCUT2D eigenvalue weighted by atomic mass is 10.2. The molecule has 0 radical (unpaired) electrons. The van der Waals surface area contributed by atoms with E-state index in [1.165, 1.54) is 29.9 Å². The monoisotopic (exact) mass is 287 g/mol. The Morgan fingerprint density at radius 2 is 1.83 bits per heavy atom. The van der Waals surface area contributed by atoms with Crippen LogP contribution in [0.25, 0.3) is 0 Å². The molecule has 0 fully saturated rings. The highest BCUT2D eigenvalue weighted by Crippen LogP contribution is 2.20. The van der Waals surface area contributed by atoms with Crippen molar-refractivity contribution in [3.8, 4) is 0 Å². The molecule has 0 aromatic heterocycles. The van der Waals surface area contributed by atoms with Gasteiger partial charge in [-0.25, -0.2) is 8.42 Å². The Labute approximate surface area is 105 Å². The van der Waals surface area contributed by atoms with Crippen molar-refractivity contribution in [1.82, 2.24) is 0 Å². The molecule has 0 aromatic carbocycles. The summed E-state index contributed by atoms with van der Waals surface area (Å²) in [4.78, 5) is 1.50. The zero-order valence-corrected chi connectivity index (χ0v) is 10.9. The van der Waals surface area contributed by atoms with Gasteiger partial charge in [0.25, 0.3) is 0 Å². The maximum atomic E-state index is 10.7. The maximum absolute atomic E-state index is 10.7. The van der Waals surface area contributed by atoms with E-state index >= 15 is 0 Å². The summed E-state index contributed by atoms with van der Waals surface area (Å²) in [5, 5.41) is 0. The lowest BCUT2D eigenvalue weighted by Gasteiger charge is -2.08. The van der Waals surface area contributed by atoms with Gasteiger partial charge in [0.05, 0.1) is 12.7 Å². The van der Waals surface area contributed by atoms with Crippen LogP contribution in [0.5, 0.6) is 0 Å². The summed E-state index contributed by atoms with van der Waals surface area (Å²) in [6.07, 6.45) is 9.20. The molecule has 1 N–H and O–H groups in total. The second-order valence-corrected chi connectivity index (χ2v) is 5.00. The Bertz CT molecular complexity index is 413. The van der Waals surface area contributed by atoms with Crippen LogP contribution in [0, 0.1) is 0 Å². The molecule has 106 valence electrons. The van der Waals surface area contributed by atoms with Crippen LogP contribution >= 0.6 is 0 Å². The topological polar surface area (TPSA) is 61.6 Å². The predicted octanol–water partition coefficient (Wildman–Crippen LogP) is 1.15. The molecule has 18 heavy (non-hydrogen) atoms. The molecule has 1 unspecified atom stereocenters. The standard InChI is InChI=1S/C9H15N.CHF3O3S/c1-3-6-10-7-5-9(4-2)8-10;2-1(3,4)8(5,6)7/h5,7-8H,3-4,6H2,1-2H3;(H,5,6,7). The van der Waals surface area contributed by atoms with Crippen molar-refractivity contribution >= 4 is 10.1 Å². The van der Waals surface area contributed by atoms with E-state index in [0.717, 1.165) is 0 Å². The van der Waals surface area contributed by atoms with Crippen LogP contribution < -0.4 is 4.90 Å². The van der Waals surface area contributed by atoms with Crippen molar-refractivity contribution in [3.05, 3.63) is 24.0 Å². The number of allylic oxidation sites excluding steroid dienone is 2. The van der Waals surface area contributed by atoms with E-state index in [-0.39, 0.29) is 0 Å². The van der Waals surface area contributed by atoms with Crippen molar-refractivity contribution in [2.45, 2.75) is 32.2 Å². The first kappa shape index (κ1) is 17.1. The Morgan fingerprint density at radius 1 is 1.33 bits per heavy atom. The molecule has 0 bridgehead atoms. The molecule has 0 spiro atoms. The molecule has 1 heterocycles. The molecule has 1 atom stereocenters. The van der Waals surface area contributed by atoms with Crippen molar-refractivity contribution in [3.63, 3.8) is 0 Å². The normalized spacial score (nSPS) is 19.2. The van der Waals surface area contributed by atoms with Gasteiger partial charge in [-0.2, -0.15) is 13.2 Å². The van der Waals surface area contributed by atoms with E-state index in [1.807, 2.05) is 0 Å². The van der Waals surface area contributed by atoms with Crippen molar-refractivity contribution in [2.75, 3.05) is 6.54 Å². The van der Waals surface area contributed by atoms with Gasteiger partial charge in [-0.1, -0.05) is 13.8 Å². The molecule has 4 nitrogen and oxygen atoms in total. The van der Waals surface area contributed by atoms with Gasteiger partial charge in [-0.05, 0) is 12.8 Å². The Kier molecular flexibility index (Phi) is 6.58. The number of rotatable bonds is 3. The van der Waals surface area contributed by atoms with Crippen molar-refractivity contribution in [1.29, 1.82) is 0 Å². The van der Waals surface area contributed by atoms with Crippen LogP contribution in [0.15, 0.2) is 24.0 Å². The molecule has 1 aliphatic rings. The summed E-state index contributed by atoms with van der Waals surface area (Å²) in [7, 11) is -6.09. The third-order valence-electron chi connectivity index (χ3n) is 2.11. The molecular weight excluding hydrogens is 271 g/mol. The summed E-state index contributed by atoms with van der Waals surface area (Å²) in [5.41, 5.74) is -4.17. The maximum Gasteiger partial charge on any atom is 0.485 e. The average molecular weight is 287 g/mol. The van der Waals surface area contributed by atoms with E-state index < -0.39 is 15.6 Å². The number of alkyl halides is 3. The largest absolute Gasteiger partial charge is 0.741 e. The van der Waals surface area contributed by atoms with Gasteiger partial charge in [0.15, 0.2) is 10.1 Å². The van der Waals surface area contributed by atoms with Crippen LogP contribution in [-0.4, -0.2) is 25.0 Å². The first-order chi connectivity index (χ1) is 8.11. The lowest BCUT2D eigenvalue weighted by molar-refractivity contribution is -0.787. The van der Waals surface area contributed by atoms with Crippen LogP contribution in [-0.2, 0) is 10.1 Å². The third kappa shape index (κ3) is 6.18. The van der Waals surface area contributed by atoms with Crippen LogP contribution in [0.4, 0.5) is 13.2 Å². The zero-order chi connectivity index (χ0) is 14.4. The average Bonchev–Trinajstić information content (AvgIpc) is 2.64. The number of hydrogen-bond donors (Lipinski definition) is 1. The smallest absolute Gasteiger partial charge is 0.485 e. The molecule has 0 saturated heterocycles. The highest BCUT2D eigenvalue weighted by atomic mass is 32.2. The quantitative estimate of drug-likeness (QED) is 0.626. The molecule has 0 amide bonds. The van der Waals surface area contributed by atoms with Gasteiger partial charge in [0.1, 0.15) is 6.20 Å². The molecular formula is C10H16F3NO3S. The van der Waals surface area contributed by atoms with E-state index in [0.29, 0.717) is 0 Å². The molecule has 1 aliphatic heterocycles. The van der Waals surface area contributed by atoms with Gasteiger partial charge in [-0.15, -0.1) is 0 Å². The van der Waals surface area contributed by atoms with Crippen molar-refractivity contribution < 1.29 is 31.0 Å². The number of hydrogen-bond acceptors (Lipinski definition) is 3. The van der Waals surface area contributed by atoms with E-state index in [9.17, 15) is 13.2 Å². The second-order valence-electron chi connectivity index (χ2n) is 3.63. The van der Waals surface area contributed by atoms with E-state index in [2.05, 4.69) is 32.3 Å². The number of halogens is 3. The Balaban J connectivity index is 0.000000331. The SMILES string of the molecule is CCC[NH+]1C=CC(CC)=C1.O=S(=O)([O-])C(F)(F)F. The molecule has 8 heteroatoms. The summed E-state index contributed by atoms with van der Waals surface area (Å²) in [6, 6.07) is 0. The zero-order valence-electron chi connectivity index (χ0n) is 10.1. The minimum Gasteiger partial charge on any atom is -0.741 e. The van der Waals surface area contributed by atoms with E-state index in [4.69, 9.17) is 13.0 Å². The Hall–Kier alpha value is -0.860. The lowest BCUT2D eigenvalue weighted by Crippen LogP contribution is -3.01. The molecule has 1 rings (SSSR count). The molecule has 0 aliphatic carbocycles. The van der Waals surface area contributed by atoms with Gasteiger partial charge in [0, 0.05) is 11.6 Å². The third-order valence-corrected chi connectivity index (χ3v) is 2.68. The first-order valence-corrected chi connectivity index (χ1v) is 6.79. The number of nitrogens with one attached hydrogen (secondary N) is 1. The van der Waals surface area contributed by atoms with Gasteiger partial charge in [0.2, 0.25) is 0 Å². The van der Waals surface area contributed by atoms with Crippen LogP contribution in [0.1, 0.15) is 26.7 Å². The summed E-state index contributed by atoms with van der Waals surface area (Å²) < 4.78 is 58.9. The summed E-state index contributed by atoms with van der Waals surface area (Å²) in [6.45, 7) is 5.66. The minimum atomic E-state index is -6.09. The molecule has 0 aromatic rings. The fourth-order valence-corrected chi connectivity index (χ4v) is 1.21. The first-order valence-electron chi connectivity index (χ1n) is 5.38. The van der Waals surface area contributed by atoms with E-state index in [1.54, 1.807) is 0 Å². The van der Waals surface area contributed by atoms with Gasteiger partial charge >= 0.3 is 5.51 Å². The minimum absolute atomic E-state index is 1.17. The predicted molar refractivity (Wildman–Crippen MR) is 59.4 cm³/mol. The van der Waals surface area contributed by atoms with Gasteiger partial charge in [-0.3, -0.25) is 4.90 Å². The van der Waals surface area contributed by atoms with Gasteiger partial charge < -0.3 is 4.55 Å². The summed E-state index contributed by atoms with van der Waals surface area (Å²) in [5.74, 6) is 0. The Morgan fingerprint density at radius 3 is 2.11 bits per heavy atom. The number of quaternary nitrogens is 1. The van der Waals surface area contributed by atoms with Crippen molar-refractivity contribution in [2.24, 2.45) is 0 Å². The summed E-state index contributed by atoms with van der Waals surface area (Å²) >= 11 is 0. The highest BCUT2D eigenvalue weighted by molar-refractivity contribution is 7.86.